The van der Waals surface area contributed by atoms with Crippen LogP contribution in [0.2, 0.25) is 0 Å². The van der Waals surface area contributed by atoms with Gasteiger partial charge in [-0.15, -0.1) is 12.3 Å². The topological polar surface area (TPSA) is 74.8 Å². The number of unbranched alkanes of at least 4 members (excludes halogenated alkanes) is 2. The summed E-state index contributed by atoms with van der Waals surface area (Å²) in [5.74, 6) is 1.55. The molecule has 1 aromatic heterocycles. The van der Waals surface area contributed by atoms with Gasteiger partial charge in [-0.05, 0) is 18.9 Å². The van der Waals surface area contributed by atoms with Crippen LogP contribution in [0.1, 0.15) is 25.7 Å². The Morgan fingerprint density at radius 3 is 3.00 bits per heavy atom. The van der Waals surface area contributed by atoms with Crippen LogP contribution in [0.25, 0.3) is 10.9 Å². The molecule has 0 saturated heterocycles. The van der Waals surface area contributed by atoms with E-state index < -0.39 is 5.82 Å². The monoisotopic (exact) mass is 287 g/mol. The summed E-state index contributed by atoms with van der Waals surface area (Å²) in [7, 11) is 0. The van der Waals surface area contributed by atoms with Crippen LogP contribution in [0.4, 0.5) is 10.1 Å². The summed E-state index contributed by atoms with van der Waals surface area (Å²) in [5.41, 5.74) is -0.171. The van der Waals surface area contributed by atoms with Gasteiger partial charge >= 0.3 is 0 Å². The number of amides is 1. The van der Waals surface area contributed by atoms with Crippen LogP contribution in [-0.4, -0.2) is 15.9 Å². The SMILES string of the molecule is C#CCCCCC(=O)Nc1cc2c(=O)[nH]cnc2cc1F. The highest BCUT2D eigenvalue weighted by Crippen LogP contribution is 2.19. The average molecular weight is 287 g/mol. The maximum absolute atomic E-state index is 13.9. The molecule has 108 valence electrons. The summed E-state index contributed by atoms with van der Waals surface area (Å²) in [6.07, 6.45) is 8.56. The molecule has 2 aromatic rings. The van der Waals surface area contributed by atoms with Crippen LogP contribution in [-0.2, 0) is 4.79 Å². The van der Waals surface area contributed by atoms with Crippen molar-refractivity contribution in [3.63, 3.8) is 0 Å². The Morgan fingerprint density at radius 1 is 1.43 bits per heavy atom. The Hall–Kier alpha value is -2.68. The van der Waals surface area contributed by atoms with Gasteiger partial charge in [0, 0.05) is 18.9 Å². The van der Waals surface area contributed by atoms with E-state index in [2.05, 4.69) is 21.2 Å². The Labute approximate surface area is 120 Å². The third-order valence-corrected chi connectivity index (χ3v) is 2.98. The van der Waals surface area contributed by atoms with Gasteiger partial charge in [0.25, 0.3) is 5.56 Å². The van der Waals surface area contributed by atoms with Gasteiger partial charge in [0.2, 0.25) is 5.91 Å². The zero-order chi connectivity index (χ0) is 15.2. The predicted octanol–water partition coefficient (Wildman–Crippen LogP) is 2.19. The van der Waals surface area contributed by atoms with Crippen molar-refractivity contribution in [1.29, 1.82) is 0 Å². The van der Waals surface area contributed by atoms with Crippen LogP contribution in [0.3, 0.4) is 0 Å². The van der Waals surface area contributed by atoms with E-state index in [1.165, 1.54) is 12.4 Å². The average Bonchev–Trinajstić information content (AvgIpc) is 2.45. The van der Waals surface area contributed by atoms with Crippen molar-refractivity contribution in [2.24, 2.45) is 0 Å². The number of nitrogens with zero attached hydrogens (tertiary/aromatic N) is 1. The van der Waals surface area contributed by atoms with E-state index in [0.717, 1.165) is 12.5 Å². The zero-order valence-electron chi connectivity index (χ0n) is 11.3. The predicted molar refractivity (Wildman–Crippen MR) is 78.3 cm³/mol. The Bertz CT molecular complexity index is 762. The van der Waals surface area contributed by atoms with E-state index >= 15 is 0 Å². The summed E-state index contributed by atoms with van der Waals surface area (Å²) in [5, 5.41) is 2.68. The van der Waals surface area contributed by atoms with Crippen molar-refractivity contribution in [2.45, 2.75) is 25.7 Å². The van der Waals surface area contributed by atoms with Crippen LogP contribution in [0, 0.1) is 18.2 Å². The maximum atomic E-state index is 13.9. The van der Waals surface area contributed by atoms with Crippen molar-refractivity contribution in [1.82, 2.24) is 9.97 Å². The van der Waals surface area contributed by atoms with Crippen LogP contribution in [0.15, 0.2) is 23.3 Å². The number of aromatic amines is 1. The van der Waals surface area contributed by atoms with Gasteiger partial charge in [-0.1, -0.05) is 0 Å². The molecule has 2 N–H and O–H groups in total. The molecular formula is C15H14FN3O2. The highest BCUT2D eigenvalue weighted by Gasteiger charge is 2.10. The lowest BCUT2D eigenvalue weighted by atomic mass is 10.1. The maximum Gasteiger partial charge on any atom is 0.258 e. The van der Waals surface area contributed by atoms with E-state index in [1.807, 2.05) is 0 Å². The highest BCUT2D eigenvalue weighted by molar-refractivity contribution is 5.93. The number of H-pyrrole nitrogens is 1. The summed E-state index contributed by atoms with van der Waals surface area (Å²) in [4.78, 5) is 29.6. The van der Waals surface area contributed by atoms with Gasteiger partial charge in [0.05, 0.1) is 22.9 Å². The molecule has 0 fully saturated rings. The second-order valence-corrected chi connectivity index (χ2v) is 4.54. The fourth-order valence-corrected chi connectivity index (χ4v) is 1.91. The van der Waals surface area contributed by atoms with Crippen LogP contribution in [0.5, 0.6) is 0 Å². The Kier molecular flexibility index (Phi) is 4.67. The lowest BCUT2D eigenvalue weighted by Crippen LogP contribution is -2.14. The third kappa shape index (κ3) is 3.66. The van der Waals surface area contributed by atoms with Crippen molar-refractivity contribution in [3.05, 3.63) is 34.6 Å². The minimum Gasteiger partial charge on any atom is -0.324 e. The fraction of sp³-hybridized carbons (Fsp3) is 0.267. The first-order chi connectivity index (χ1) is 10.1. The molecule has 0 aliphatic heterocycles. The van der Waals surface area contributed by atoms with Crippen molar-refractivity contribution in [3.8, 4) is 12.3 Å². The van der Waals surface area contributed by atoms with E-state index in [9.17, 15) is 14.0 Å². The molecule has 0 aliphatic rings. The molecule has 0 aliphatic carbocycles. The number of benzene rings is 1. The van der Waals surface area contributed by atoms with E-state index in [4.69, 9.17) is 6.42 Å². The number of rotatable bonds is 5. The third-order valence-electron chi connectivity index (χ3n) is 2.98. The molecule has 0 atom stereocenters. The zero-order valence-corrected chi connectivity index (χ0v) is 11.3. The van der Waals surface area contributed by atoms with Gasteiger partial charge in [-0.3, -0.25) is 9.59 Å². The van der Waals surface area contributed by atoms with E-state index in [-0.39, 0.29) is 34.5 Å². The lowest BCUT2D eigenvalue weighted by molar-refractivity contribution is -0.116. The molecule has 1 heterocycles. The summed E-state index contributed by atoms with van der Waals surface area (Å²) < 4.78 is 13.9. The molecule has 21 heavy (non-hydrogen) atoms. The van der Waals surface area contributed by atoms with Gasteiger partial charge in [0.1, 0.15) is 5.82 Å². The number of halogens is 1. The van der Waals surface area contributed by atoms with Gasteiger partial charge in [-0.2, -0.15) is 0 Å². The number of anilines is 1. The number of carbonyl (C=O) groups is 1. The number of carbonyl (C=O) groups excluding carboxylic acids is 1. The number of fused-ring (bicyclic) bond motifs is 1. The molecule has 0 bridgehead atoms. The lowest BCUT2D eigenvalue weighted by Gasteiger charge is -2.07. The molecule has 0 saturated carbocycles. The molecular weight excluding hydrogens is 273 g/mol. The first-order valence-electron chi connectivity index (χ1n) is 6.52. The van der Waals surface area contributed by atoms with Gasteiger partial charge in [0.15, 0.2) is 0 Å². The molecule has 6 heteroatoms. The summed E-state index contributed by atoms with van der Waals surface area (Å²) in [6.45, 7) is 0. The second-order valence-electron chi connectivity index (χ2n) is 4.54. The second kappa shape index (κ2) is 6.66. The molecule has 0 unspecified atom stereocenters. The largest absolute Gasteiger partial charge is 0.324 e. The first-order valence-corrected chi connectivity index (χ1v) is 6.52. The summed E-state index contributed by atoms with van der Waals surface area (Å²) in [6, 6.07) is 2.41. The molecule has 0 radical (unpaired) electrons. The highest BCUT2D eigenvalue weighted by atomic mass is 19.1. The number of hydrogen-bond acceptors (Lipinski definition) is 3. The fourth-order valence-electron chi connectivity index (χ4n) is 1.91. The Balaban J connectivity index is 2.13. The van der Waals surface area contributed by atoms with Crippen molar-refractivity contribution >= 4 is 22.5 Å². The van der Waals surface area contributed by atoms with E-state index in [0.29, 0.717) is 12.8 Å². The minimum absolute atomic E-state index is 0.0250. The quantitative estimate of drug-likeness (QED) is 0.654. The standard InChI is InChI=1S/C15H14FN3O2/c1-2-3-4-5-6-14(20)19-13-7-10-12(8-11(13)16)17-9-18-15(10)21/h1,7-9H,3-6H2,(H,19,20)(H,17,18,21). The summed E-state index contributed by atoms with van der Waals surface area (Å²) >= 11 is 0. The molecule has 1 amide bonds. The number of nitrogens with one attached hydrogen (secondary N) is 2. The molecule has 2 rings (SSSR count). The molecule has 1 aromatic carbocycles. The first kappa shape index (κ1) is 14.7. The normalized spacial score (nSPS) is 10.3. The van der Waals surface area contributed by atoms with Gasteiger partial charge in [-0.25, -0.2) is 9.37 Å². The minimum atomic E-state index is -0.627. The van der Waals surface area contributed by atoms with Crippen LogP contribution < -0.4 is 10.9 Å². The van der Waals surface area contributed by atoms with Gasteiger partial charge < -0.3 is 10.3 Å². The van der Waals surface area contributed by atoms with Crippen LogP contribution >= 0.6 is 0 Å². The number of terminal acetylenes is 1. The molecule has 5 nitrogen and oxygen atoms in total. The number of hydrogen-bond donors (Lipinski definition) is 2. The van der Waals surface area contributed by atoms with E-state index in [1.54, 1.807) is 0 Å². The number of aromatic nitrogens is 2. The van der Waals surface area contributed by atoms with Crippen molar-refractivity contribution in [2.75, 3.05) is 5.32 Å². The smallest absolute Gasteiger partial charge is 0.258 e. The molecule has 0 spiro atoms. The Morgan fingerprint density at radius 2 is 2.24 bits per heavy atom. The van der Waals surface area contributed by atoms with Crippen molar-refractivity contribution < 1.29 is 9.18 Å².